The Morgan fingerprint density at radius 1 is 1.27 bits per heavy atom. The van der Waals surface area contributed by atoms with Gasteiger partial charge in [-0.05, 0) is 32.0 Å². The van der Waals surface area contributed by atoms with E-state index < -0.39 is 0 Å². The summed E-state index contributed by atoms with van der Waals surface area (Å²) in [5, 5.41) is 3.23. The number of hydrogen-bond acceptors (Lipinski definition) is 2. The van der Waals surface area contributed by atoms with Gasteiger partial charge in [0.1, 0.15) is 5.82 Å². The lowest BCUT2D eigenvalue weighted by Gasteiger charge is -2.26. The van der Waals surface area contributed by atoms with Crippen molar-refractivity contribution in [3.05, 3.63) is 29.8 Å². The lowest BCUT2D eigenvalue weighted by atomic mass is 9.86. The maximum absolute atomic E-state index is 12.8. The largest absolute Gasteiger partial charge is 0.317 e. The predicted octanol–water partition coefficient (Wildman–Crippen LogP) is 2.57. The van der Waals surface area contributed by atoms with Crippen molar-refractivity contribution in [2.24, 2.45) is 5.92 Å². The Morgan fingerprint density at radius 3 is 2.33 bits per heavy atom. The van der Waals surface area contributed by atoms with E-state index in [0.717, 1.165) is 5.69 Å². The van der Waals surface area contributed by atoms with Crippen LogP contribution in [0.25, 0.3) is 0 Å². The second-order valence-electron chi connectivity index (χ2n) is 4.25. The molecular formula is C12H19FN2. The summed E-state index contributed by atoms with van der Waals surface area (Å²) in [4.78, 5) is 4.15. The molecule has 0 aromatic carbocycles. The minimum absolute atomic E-state index is 0.279. The first-order valence-electron chi connectivity index (χ1n) is 5.35. The van der Waals surface area contributed by atoms with Crippen LogP contribution >= 0.6 is 0 Å². The Morgan fingerprint density at radius 2 is 1.93 bits per heavy atom. The number of nitrogens with zero attached hydrogens (tertiary/aromatic N) is 1. The van der Waals surface area contributed by atoms with Crippen LogP contribution in [0, 0.1) is 11.7 Å². The molecule has 1 rings (SSSR count). The molecule has 0 bridgehead atoms. The molecule has 0 radical (unpaired) electrons. The number of nitrogens with one attached hydrogen (secondary N) is 1. The molecule has 2 unspecified atom stereocenters. The smallest absolute Gasteiger partial charge is 0.141 e. The lowest BCUT2D eigenvalue weighted by Crippen LogP contribution is -2.32. The summed E-state index contributed by atoms with van der Waals surface area (Å²) in [6.45, 7) is 6.43. The molecule has 1 N–H and O–H groups in total. The van der Waals surface area contributed by atoms with Gasteiger partial charge < -0.3 is 5.32 Å². The number of halogens is 1. The zero-order valence-corrected chi connectivity index (χ0v) is 9.79. The van der Waals surface area contributed by atoms with E-state index in [1.54, 1.807) is 6.07 Å². The maximum Gasteiger partial charge on any atom is 0.141 e. The third-order valence-corrected chi connectivity index (χ3v) is 2.80. The third-order valence-electron chi connectivity index (χ3n) is 2.80. The number of aromatic nitrogens is 1. The van der Waals surface area contributed by atoms with Crippen molar-refractivity contribution in [1.82, 2.24) is 10.3 Å². The number of likely N-dealkylation sites (N-methyl/N-ethyl adjacent to an activating group) is 1. The monoisotopic (exact) mass is 210 g/mol. The van der Waals surface area contributed by atoms with Crippen LogP contribution in [-0.2, 0) is 0 Å². The van der Waals surface area contributed by atoms with E-state index in [1.165, 1.54) is 12.3 Å². The van der Waals surface area contributed by atoms with Crippen LogP contribution in [0.3, 0.4) is 0 Å². The maximum atomic E-state index is 12.8. The Balaban J connectivity index is 2.94. The van der Waals surface area contributed by atoms with E-state index in [9.17, 15) is 4.39 Å². The van der Waals surface area contributed by atoms with E-state index >= 15 is 0 Å². The van der Waals surface area contributed by atoms with Crippen molar-refractivity contribution >= 4 is 0 Å². The highest BCUT2D eigenvalue weighted by atomic mass is 19.1. The van der Waals surface area contributed by atoms with Crippen LogP contribution in [0.15, 0.2) is 18.3 Å². The van der Waals surface area contributed by atoms with Crippen LogP contribution < -0.4 is 5.32 Å². The number of rotatable bonds is 4. The molecule has 2 atom stereocenters. The summed E-state index contributed by atoms with van der Waals surface area (Å²) < 4.78 is 12.8. The fourth-order valence-electron chi connectivity index (χ4n) is 1.94. The molecule has 0 amide bonds. The highest BCUT2D eigenvalue weighted by Crippen LogP contribution is 2.26. The first kappa shape index (κ1) is 12.1. The third kappa shape index (κ3) is 2.99. The van der Waals surface area contributed by atoms with Gasteiger partial charge in [-0.25, -0.2) is 4.39 Å². The van der Waals surface area contributed by atoms with Crippen molar-refractivity contribution in [1.29, 1.82) is 0 Å². The van der Waals surface area contributed by atoms with Gasteiger partial charge in [-0.3, -0.25) is 4.98 Å². The van der Waals surface area contributed by atoms with Gasteiger partial charge in [0.15, 0.2) is 0 Å². The van der Waals surface area contributed by atoms with Crippen molar-refractivity contribution in [2.45, 2.75) is 32.7 Å². The van der Waals surface area contributed by atoms with Crippen LogP contribution in [-0.4, -0.2) is 18.1 Å². The molecule has 84 valence electrons. The van der Waals surface area contributed by atoms with Crippen LogP contribution in [0.5, 0.6) is 0 Å². The van der Waals surface area contributed by atoms with Crippen LogP contribution in [0.4, 0.5) is 4.39 Å². The summed E-state index contributed by atoms with van der Waals surface area (Å²) >= 11 is 0. The van der Waals surface area contributed by atoms with Crippen LogP contribution in [0.1, 0.15) is 32.4 Å². The second kappa shape index (κ2) is 5.21. The first-order valence-corrected chi connectivity index (χ1v) is 5.35. The van der Waals surface area contributed by atoms with Crippen molar-refractivity contribution in [3.63, 3.8) is 0 Å². The number of hydrogen-bond donors (Lipinski definition) is 1. The molecule has 0 saturated carbocycles. The van der Waals surface area contributed by atoms with Gasteiger partial charge in [-0.2, -0.15) is 0 Å². The quantitative estimate of drug-likeness (QED) is 0.826. The average Bonchev–Trinajstić information content (AvgIpc) is 2.20. The lowest BCUT2D eigenvalue weighted by molar-refractivity contribution is 0.387. The van der Waals surface area contributed by atoms with Gasteiger partial charge in [0.2, 0.25) is 0 Å². The van der Waals surface area contributed by atoms with Crippen molar-refractivity contribution in [3.8, 4) is 0 Å². The molecule has 3 heteroatoms. The average molecular weight is 210 g/mol. The summed E-state index contributed by atoms with van der Waals surface area (Å²) in [6, 6.07) is 3.58. The van der Waals surface area contributed by atoms with Crippen LogP contribution in [0.2, 0.25) is 0 Å². The standard InChI is InChI=1S/C12H19FN2/c1-8(2)12(9(3)14-4)11-6-5-10(13)7-15-11/h5-9,12,14H,1-4H3. The fraction of sp³-hybridized carbons (Fsp3) is 0.583. The highest BCUT2D eigenvalue weighted by molar-refractivity contribution is 5.13. The van der Waals surface area contributed by atoms with Crippen molar-refractivity contribution in [2.75, 3.05) is 7.05 Å². The minimum Gasteiger partial charge on any atom is -0.317 e. The molecule has 0 aliphatic heterocycles. The van der Waals surface area contributed by atoms with E-state index in [-0.39, 0.29) is 5.82 Å². The van der Waals surface area contributed by atoms with Gasteiger partial charge >= 0.3 is 0 Å². The highest BCUT2D eigenvalue weighted by Gasteiger charge is 2.22. The Hall–Kier alpha value is -0.960. The fourth-order valence-corrected chi connectivity index (χ4v) is 1.94. The van der Waals surface area contributed by atoms with Gasteiger partial charge in [-0.15, -0.1) is 0 Å². The Bertz CT molecular complexity index is 295. The molecule has 1 heterocycles. The molecule has 0 aliphatic rings. The van der Waals surface area contributed by atoms with Gasteiger partial charge in [0.05, 0.1) is 6.20 Å². The molecule has 0 fully saturated rings. The van der Waals surface area contributed by atoms with Gasteiger partial charge in [0.25, 0.3) is 0 Å². The first-order chi connectivity index (χ1) is 7.06. The van der Waals surface area contributed by atoms with E-state index in [1.807, 2.05) is 7.05 Å². The van der Waals surface area contributed by atoms with E-state index in [2.05, 4.69) is 31.1 Å². The second-order valence-corrected chi connectivity index (χ2v) is 4.25. The summed E-state index contributed by atoms with van der Waals surface area (Å²) in [6.07, 6.45) is 1.28. The molecule has 0 aliphatic carbocycles. The topological polar surface area (TPSA) is 24.9 Å². The number of pyridine rings is 1. The van der Waals surface area contributed by atoms with Gasteiger partial charge in [-0.1, -0.05) is 13.8 Å². The summed E-state index contributed by atoms with van der Waals surface area (Å²) in [5.74, 6) is 0.513. The zero-order chi connectivity index (χ0) is 11.4. The van der Waals surface area contributed by atoms with E-state index in [0.29, 0.717) is 17.9 Å². The van der Waals surface area contributed by atoms with Crippen molar-refractivity contribution < 1.29 is 4.39 Å². The van der Waals surface area contributed by atoms with Gasteiger partial charge in [0, 0.05) is 17.7 Å². The SMILES string of the molecule is CNC(C)C(c1ccc(F)cn1)C(C)C. The normalized spacial score (nSPS) is 15.3. The summed E-state index contributed by atoms with van der Waals surface area (Å²) in [7, 11) is 1.93. The molecule has 0 spiro atoms. The Labute approximate surface area is 90.9 Å². The van der Waals surface area contributed by atoms with E-state index in [4.69, 9.17) is 0 Å². The molecule has 1 aromatic rings. The molecule has 0 saturated heterocycles. The summed E-state index contributed by atoms with van der Waals surface area (Å²) in [5.41, 5.74) is 0.952. The Kier molecular flexibility index (Phi) is 4.21. The zero-order valence-electron chi connectivity index (χ0n) is 9.79. The minimum atomic E-state index is -0.279. The molecule has 15 heavy (non-hydrogen) atoms. The predicted molar refractivity (Wildman–Crippen MR) is 60.3 cm³/mol. The molecule has 1 aromatic heterocycles. The molecular weight excluding hydrogens is 191 g/mol. The molecule has 2 nitrogen and oxygen atoms in total.